The standard InChI is InChI=1S/C5H7NS.C2H6O6S2/c1-2-5-3-7-4-6-5;3-9(4,5)1-2-10(6,7)8/h3-4H,2H2,1H3;1-2H2,(H,3,4,5)(H,6,7,8). The molecule has 1 rings (SSSR count). The third kappa shape index (κ3) is 11.7. The van der Waals surface area contributed by atoms with E-state index in [1.807, 2.05) is 5.51 Å². The second-order valence-corrected chi connectivity index (χ2v) is 6.77. The number of aromatic nitrogens is 1. The van der Waals surface area contributed by atoms with Crippen LogP contribution in [-0.4, -0.2) is 42.4 Å². The molecule has 0 saturated carbocycles. The summed E-state index contributed by atoms with van der Waals surface area (Å²) in [5, 5.41) is 2.07. The van der Waals surface area contributed by atoms with Crippen molar-refractivity contribution >= 4 is 31.6 Å². The van der Waals surface area contributed by atoms with Gasteiger partial charge in [-0.15, -0.1) is 11.3 Å². The van der Waals surface area contributed by atoms with Gasteiger partial charge in [0.25, 0.3) is 20.2 Å². The zero-order valence-electron chi connectivity index (χ0n) is 8.98. The van der Waals surface area contributed by atoms with E-state index in [0.717, 1.165) is 6.42 Å². The summed E-state index contributed by atoms with van der Waals surface area (Å²) < 4.78 is 55.4. The topological polar surface area (TPSA) is 122 Å². The Morgan fingerprint density at radius 1 is 1.18 bits per heavy atom. The Bertz CT molecular complexity index is 472. The third-order valence-corrected chi connectivity index (χ3v) is 3.78. The van der Waals surface area contributed by atoms with Crippen LogP contribution in [0.5, 0.6) is 0 Å². The highest BCUT2D eigenvalue weighted by Gasteiger charge is 2.11. The van der Waals surface area contributed by atoms with Crippen LogP contribution in [0.4, 0.5) is 0 Å². The molecule has 0 aromatic carbocycles. The minimum absolute atomic E-state index is 0.980. The van der Waals surface area contributed by atoms with Crippen molar-refractivity contribution < 1.29 is 25.9 Å². The summed E-state index contributed by atoms with van der Waals surface area (Å²) in [5.74, 6) is -1.96. The number of rotatable bonds is 4. The van der Waals surface area contributed by atoms with Crippen LogP contribution < -0.4 is 0 Å². The number of thiazole rings is 1. The van der Waals surface area contributed by atoms with Gasteiger partial charge in [0.2, 0.25) is 0 Å². The van der Waals surface area contributed by atoms with E-state index in [2.05, 4.69) is 17.3 Å². The van der Waals surface area contributed by atoms with E-state index in [1.165, 1.54) is 5.69 Å². The van der Waals surface area contributed by atoms with Crippen LogP contribution in [-0.2, 0) is 26.7 Å². The van der Waals surface area contributed by atoms with Crippen LogP contribution in [0.3, 0.4) is 0 Å². The molecule has 0 bridgehead atoms. The summed E-state index contributed by atoms with van der Waals surface area (Å²) in [7, 11) is -8.59. The molecular formula is C7H13NO6S3. The minimum Gasteiger partial charge on any atom is -0.286 e. The zero-order valence-corrected chi connectivity index (χ0v) is 11.4. The van der Waals surface area contributed by atoms with Gasteiger partial charge in [0.1, 0.15) is 0 Å². The molecule has 0 spiro atoms. The Kier molecular flexibility index (Phi) is 6.78. The lowest BCUT2D eigenvalue weighted by Gasteiger charge is -1.92. The van der Waals surface area contributed by atoms with Gasteiger partial charge < -0.3 is 0 Å². The van der Waals surface area contributed by atoms with Crippen molar-refractivity contribution in [3.8, 4) is 0 Å². The zero-order chi connectivity index (χ0) is 13.5. The number of nitrogens with zero attached hydrogens (tertiary/aromatic N) is 1. The average molecular weight is 303 g/mol. The molecule has 0 aliphatic heterocycles. The number of aryl methyl sites for hydroxylation is 1. The largest absolute Gasteiger partial charge is 0.286 e. The highest BCUT2D eigenvalue weighted by molar-refractivity contribution is 7.89. The number of hydrogen-bond acceptors (Lipinski definition) is 6. The maximum Gasteiger partial charge on any atom is 0.265 e. The lowest BCUT2D eigenvalue weighted by molar-refractivity contribution is 0.472. The molecule has 0 fully saturated rings. The van der Waals surface area contributed by atoms with E-state index in [9.17, 15) is 16.8 Å². The molecule has 1 aromatic rings. The van der Waals surface area contributed by atoms with Crippen molar-refractivity contribution in [1.82, 2.24) is 4.98 Å². The highest BCUT2D eigenvalue weighted by Crippen LogP contribution is 1.99. The van der Waals surface area contributed by atoms with Gasteiger partial charge in [-0.05, 0) is 6.42 Å². The highest BCUT2D eigenvalue weighted by atomic mass is 32.2. The third-order valence-electron chi connectivity index (χ3n) is 1.44. The van der Waals surface area contributed by atoms with Crippen LogP contribution in [0, 0.1) is 0 Å². The van der Waals surface area contributed by atoms with Gasteiger partial charge in [-0.25, -0.2) is 4.98 Å². The first-order valence-corrected chi connectivity index (χ1v) is 8.57. The average Bonchev–Trinajstić information content (AvgIpc) is 2.66. The van der Waals surface area contributed by atoms with Gasteiger partial charge in [0.15, 0.2) is 0 Å². The fourth-order valence-electron chi connectivity index (χ4n) is 0.623. The van der Waals surface area contributed by atoms with Crippen molar-refractivity contribution in [3.05, 3.63) is 16.6 Å². The fraction of sp³-hybridized carbons (Fsp3) is 0.571. The molecule has 0 saturated heterocycles. The fourth-order valence-corrected chi connectivity index (χ4v) is 2.95. The van der Waals surface area contributed by atoms with E-state index >= 15 is 0 Å². The Morgan fingerprint density at radius 3 is 1.82 bits per heavy atom. The molecule has 0 amide bonds. The van der Waals surface area contributed by atoms with Crippen LogP contribution in [0.25, 0.3) is 0 Å². The van der Waals surface area contributed by atoms with Gasteiger partial charge in [0.05, 0.1) is 22.7 Å². The molecule has 0 unspecified atom stereocenters. The first-order chi connectivity index (χ1) is 7.64. The summed E-state index contributed by atoms with van der Waals surface area (Å²) in [4.78, 5) is 4.05. The molecule has 10 heteroatoms. The summed E-state index contributed by atoms with van der Waals surface area (Å²) in [5.41, 5.74) is 3.06. The monoisotopic (exact) mass is 303 g/mol. The molecule has 7 nitrogen and oxygen atoms in total. The minimum atomic E-state index is -4.30. The molecule has 0 atom stereocenters. The lowest BCUT2D eigenvalue weighted by Crippen LogP contribution is -2.15. The quantitative estimate of drug-likeness (QED) is 0.775. The molecule has 1 heterocycles. The summed E-state index contributed by atoms with van der Waals surface area (Å²) in [6.45, 7) is 2.11. The van der Waals surface area contributed by atoms with E-state index in [-0.39, 0.29) is 0 Å². The van der Waals surface area contributed by atoms with Gasteiger partial charge in [-0.3, -0.25) is 9.11 Å². The van der Waals surface area contributed by atoms with E-state index in [1.54, 1.807) is 11.3 Å². The Hall–Kier alpha value is -0.550. The van der Waals surface area contributed by atoms with Crippen molar-refractivity contribution in [2.45, 2.75) is 13.3 Å². The van der Waals surface area contributed by atoms with E-state index in [4.69, 9.17) is 9.11 Å². The first kappa shape index (κ1) is 16.4. The van der Waals surface area contributed by atoms with Crippen LogP contribution >= 0.6 is 11.3 Å². The molecule has 0 aliphatic carbocycles. The number of hydrogen-bond donors (Lipinski definition) is 2. The smallest absolute Gasteiger partial charge is 0.265 e. The predicted octanol–water partition coefficient (Wildman–Crippen LogP) is 0.467. The first-order valence-electron chi connectivity index (χ1n) is 4.41. The Balaban J connectivity index is 0.000000318. The van der Waals surface area contributed by atoms with Gasteiger partial charge in [-0.1, -0.05) is 6.92 Å². The second-order valence-electron chi connectivity index (χ2n) is 2.91. The van der Waals surface area contributed by atoms with Gasteiger partial charge in [0, 0.05) is 5.38 Å². The van der Waals surface area contributed by atoms with Gasteiger partial charge >= 0.3 is 0 Å². The molecule has 0 radical (unpaired) electrons. The van der Waals surface area contributed by atoms with Crippen molar-refractivity contribution in [2.24, 2.45) is 0 Å². The second kappa shape index (κ2) is 7.01. The van der Waals surface area contributed by atoms with Crippen molar-refractivity contribution in [3.63, 3.8) is 0 Å². The molecule has 100 valence electrons. The van der Waals surface area contributed by atoms with Crippen molar-refractivity contribution in [1.29, 1.82) is 0 Å². The van der Waals surface area contributed by atoms with E-state index in [0.29, 0.717) is 0 Å². The maximum absolute atomic E-state index is 9.86. The molecule has 0 aliphatic rings. The van der Waals surface area contributed by atoms with Gasteiger partial charge in [-0.2, -0.15) is 16.8 Å². The van der Waals surface area contributed by atoms with E-state index < -0.39 is 31.7 Å². The summed E-state index contributed by atoms with van der Waals surface area (Å²) in [6.07, 6.45) is 1.06. The van der Waals surface area contributed by atoms with Crippen LogP contribution in [0.15, 0.2) is 10.9 Å². The molecular weight excluding hydrogens is 290 g/mol. The summed E-state index contributed by atoms with van der Waals surface area (Å²) >= 11 is 1.65. The maximum atomic E-state index is 9.86. The van der Waals surface area contributed by atoms with Crippen molar-refractivity contribution in [2.75, 3.05) is 11.5 Å². The van der Waals surface area contributed by atoms with Crippen LogP contribution in [0.1, 0.15) is 12.6 Å². The SMILES string of the molecule is CCc1cscn1.O=S(=O)(O)CCS(=O)(=O)O. The predicted molar refractivity (Wildman–Crippen MR) is 64.3 cm³/mol. The normalized spacial score (nSPS) is 11.7. The summed E-state index contributed by atoms with van der Waals surface area (Å²) in [6, 6.07) is 0. The Morgan fingerprint density at radius 2 is 1.65 bits per heavy atom. The Labute approximate surface area is 104 Å². The molecule has 17 heavy (non-hydrogen) atoms. The van der Waals surface area contributed by atoms with Crippen LogP contribution in [0.2, 0.25) is 0 Å². The lowest BCUT2D eigenvalue weighted by atomic mass is 10.4. The molecule has 1 aromatic heterocycles. The molecule has 2 N–H and O–H groups in total.